The third-order valence-corrected chi connectivity index (χ3v) is 6.54. The number of nitrogens with zero attached hydrogens (tertiary/aromatic N) is 3. The van der Waals surface area contributed by atoms with Crippen molar-refractivity contribution in [1.82, 2.24) is 14.7 Å². The van der Waals surface area contributed by atoms with Crippen LogP contribution < -0.4 is 0 Å². The van der Waals surface area contributed by atoms with Gasteiger partial charge in [-0.2, -0.15) is 5.10 Å². The highest BCUT2D eigenvalue weighted by Crippen LogP contribution is 2.30. The maximum atomic E-state index is 12.9. The summed E-state index contributed by atoms with van der Waals surface area (Å²) in [4.78, 5) is 14.6. The Kier molecular flexibility index (Phi) is 4.96. The van der Waals surface area contributed by atoms with E-state index in [2.05, 4.69) is 5.10 Å². The van der Waals surface area contributed by atoms with Crippen molar-refractivity contribution in [2.45, 2.75) is 57.9 Å². The van der Waals surface area contributed by atoms with Crippen LogP contribution in [0.3, 0.4) is 0 Å². The second kappa shape index (κ2) is 6.84. The van der Waals surface area contributed by atoms with E-state index in [0.29, 0.717) is 13.0 Å². The van der Waals surface area contributed by atoms with Gasteiger partial charge in [-0.1, -0.05) is 6.92 Å². The molecule has 2 saturated heterocycles. The fourth-order valence-corrected chi connectivity index (χ4v) is 4.94. The van der Waals surface area contributed by atoms with Crippen LogP contribution in [0.15, 0.2) is 12.4 Å². The van der Waals surface area contributed by atoms with Crippen LogP contribution in [0.5, 0.6) is 0 Å². The fraction of sp³-hybridized carbons (Fsp3) is 0.750. The molecule has 24 heavy (non-hydrogen) atoms. The summed E-state index contributed by atoms with van der Waals surface area (Å²) in [5.41, 5.74) is 0.776. The van der Waals surface area contributed by atoms with Crippen molar-refractivity contribution in [2.75, 3.05) is 18.1 Å². The number of rotatable bonds is 4. The van der Waals surface area contributed by atoms with Crippen LogP contribution in [-0.4, -0.2) is 59.3 Å². The molecule has 0 unspecified atom stereocenters. The Balaban J connectivity index is 1.82. The number of carbonyl (C=O) groups is 1. The highest BCUT2D eigenvalue weighted by molar-refractivity contribution is 7.91. The minimum Gasteiger partial charge on any atom is -0.365 e. The highest BCUT2D eigenvalue weighted by atomic mass is 32.2. The molecule has 3 atom stereocenters. The Morgan fingerprint density at radius 1 is 1.38 bits per heavy atom. The zero-order valence-corrected chi connectivity index (χ0v) is 15.0. The van der Waals surface area contributed by atoms with Crippen molar-refractivity contribution in [3.8, 4) is 0 Å². The van der Waals surface area contributed by atoms with Gasteiger partial charge in [-0.05, 0) is 26.2 Å². The lowest BCUT2D eigenvalue weighted by Gasteiger charge is -2.36. The van der Waals surface area contributed by atoms with Crippen molar-refractivity contribution in [3.05, 3.63) is 18.0 Å². The molecule has 2 aliphatic rings. The molecule has 1 aromatic heterocycles. The van der Waals surface area contributed by atoms with Gasteiger partial charge in [-0.3, -0.25) is 9.48 Å². The summed E-state index contributed by atoms with van der Waals surface area (Å²) in [5.74, 6) is -0.116. The molecule has 1 aromatic rings. The number of sulfone groups is 1. The third kappa shape index (κ3) is 3.49. The average molecular weight is 355 g/mol. The SMILES string of the molecule is CC[C@@H]1CC[C@H](C(=O)N2CCS(=O)(=O)C[C@H]2c2cnn(CC)c2)O1. The Morgan fingerprint density at radius 2 is 2.17 bits per heavy atom. The van der Waals surface area contributed by atoms with Crippen LogP contribution in [0.25, 0.3) is 0 Å². The van der Waals surface area contributed by atoms with Crippen LogP contribution in [0, 0.1) is 0 Å². The molecule has 2 fully saturated rings. The van der Waals surface area contributed by atoms with Gasteiger partial charge in [0.25, 0.3) is 5.91 Å². The first-order valence-corrected chi connectivity index (χ1v) is 10.4. The minimum absolute atomic E-state index is 0.0150. The minimum atomic E-state index is -3.15. The topological polar surface area (TPSA) is 81.5 Å². The summed E-state index contributed by atoms with van der Waals surface area (Å²) in [6.07, 6.45) is 5.67. The first kappa shape index (κ1) is 17.4. The fourth-order valence-electron chi connectivity index (χ4n) is 3.44. The molecular weight excluding hydrogens is 330 g/mol. The van der Waals surface area contributed by atoms with E-state index in [1.807, 2.05) is 20.0 Å². The van der Waals surface area contributed by atoms with Crippen molar-refractivity contribution >= 4 is 15.7 Å². The molecule has 3 rings (SSSR count). The third-order valence-electron chi connectivity index (χ3n) is 4.91. The van der Waals surface area contributed by atoms with Gasteiger partial charge in [-0.25, -0.2) is 8.42 Å². The van der Waals surface area contributed by atoms with E-state index >= 15 is 0 Å². The van der Waals surface area contributed by atoms with Gasteiger partial charge in [0.2, 0.25) is 0 Å². The number of aryl methyl sites for hydroxylation is 1. The Hall–Kier alpha value is -1.41. The number of ether oxygens (including phenoxy) is 1. The lowest BCUT2D eigenvalue weighted by molar-refractivity contribution is -0.145. The van der Waals surface area contributed by atoms with Crippen LogP contribution in [0.4, 0.5) is 0 Å². The average Bonchev–Trinajstić information content (AvgIpc) is 3.22. The first-order valence-electron chi connectivity index (χ1n) is 8.62. The molecule has 2 aliphatic heterocycles. The van der Waals surface area contributed by atoms with Crippen LogP contribution in [-0.2, 0) is 25.9 Å². The van der Waals surface area contributed by atoms with Crippen LogP contribution >= 0.6 is 0 Å². The van der Waals surface area contributed by atoms with Gasteiger partial charge >= 0.3 is 0 Å². The Morgan fingerprint density at radius 3 is 2.79 bits per heavy atom. The molecule has 1 amide bonds. The predicted molar refractivity (Wildman–Crippen MR) is 89.2 cm³/mol. The molecule has 8 heteroatoms. The summed E-state index contributed by atoms with van der Waals surface area (Å²) < 4.78 is 31.8. The Labute approximate surface area is 142 Å². The van der Waals surface area contributed by atoms with Gasteiger partial charge in [0.15, 0.2) is 9.84 Å². The second-order valence-corrected chi connectivity index (χ2v) is 8.75. The highest BCUT2D eigenvalue weighted by Gasteiger charge is 2.40. The molecule has 0 spiro atoms. The monoisotopic (exact) mass is 355 g/mol. The van der Waals surface area contributed by atoms with Crippen molar-refractivity contribution in [1.29, 1.82) is 0 Å². The normalized spacial score (nSPS) is 29.8. The van der Waals surface area contributed by atoms with E-state index in [1.165, 1.54) is 0 Å². The molecule has 0 saturated carbocycles. The summed E-state index contributed by atoms with van der Waals surface area (Å²) in [6, 6.07) is -0.471. The number of amides is 1. The van der Waals surface area contributed by atoms with E-state index in [9.17, 15) is 13.2 Å². The van der Waals surface area contributed by atoms with Gasteiger partial charge in [0.05, 0.1) is 29.8 Å². The summed E-state index contributed by atoms with van der Waals surface area (Å²) in [7, 11) is -3.15. The number of carbonyl (C=O) groups excluding carboxylic acids is 1. The molecule has 0 bridgehead atoms. The number of hydrogen-bond donors (Lipinski definition) is 0. The van der Waals surface area contributed by atoms with Crippen molar-refractivity contribution in [3.63, 3.8) is 0 Å². The van der Waals surface area contributed by atoms with E-state index in [1.54, 1.807) is 15.8 Å². The lowest BCUT2D eigenvalue weighted by atomic mass is 10.1. The zero-order valence-electron chi connectivity index (χ0n) is 14.2. The van der Waals surface area contributed by atoms with E-state index in [4.69, 9.17) is 4.74 Å². The van der Waals surface area contributed by atoms with E-state index in [0.717, 1.165) is 18.4 Å². The summed E-state index contributed by atoms with van der Waals surface area (Å²) in [5, 5.41) is 4.23. The van der Waals surface area contributed by atoms with Crippen molar-refractivity contribution < 1.29 is 17.9 Å². The van der Waals surface area contributed by atoms with Crippen LogP contribution in [0.1, 0.15) is 44.7 Å². The maximum Gasteiger partial charge on any atom is 0.252 e. The van der Waals surface area contributed by atoms with E-state index in [-0.39, 0.29) is 30.1 Å². The standard InChI is InChI=1S/C16H25N3O4S/c1-3-13-5-6-15(23-13)16(20)19-7-8-24(21,22)11-14(19)12-9-17-18(4-2)10-12/h9-10,13-15H,3-8,11H2,1-2H3/t13-,14+,15-/m1/s1. The molecule has 134 valence electrons. The van der Waals surface area contributed by atoms with Gasteiger partial charge in [0.1, 0.15) is 6.10 Å². The predicted octanol–water partition coefficient (Wildman–Crippen LogP) is 1.16. The molecule has 7 nitrogen and oxygen atoms in total. The first-order chi connectivity index (χ1) is 11.4. The largest absolute Gasteiger partial charge is 0.365 e. The molecule has 3 heterocycles. The number of aromatic nitrogens is 2. The molecule has 0 aromatic carbocycles. The molecule has 0 aliphatic carbocycles. The summed E-state index contributed by atoms with van der Waals surface area (Å²) in [6.45, 7) is 4.94. The zero-order chi connectivity index (χ0) is 17.3. The maximum absolute atomic E-state index is 12.9. The molecular formula is C16H25N3O4S. The van der Waals surface area contributed by atoms with Crippen LogP contribution in [0.2, 0.25) is 0 Å². The smallest absolute Gasteiger partial charge is 0.252 e. The quantitative estimate of drug-likeness (QED) is 0.809. The second-order valence-electron chi connectivity index (χ2n) is 6.52. The van der Waals surface area contributed by atoms with Crippen molar-refractivity contribution in [2.24, 2.45) is 0 Å². The van der Waals surface area contributed by atoms with Gasteiger partial charge in [-0.15, -0.1) is 0 Å². The molecule has 0 radical (unpaired) electrons. The number of hydrogen-bond acceptors (Lipinski definition) is 5. The van der Waals surface area contributed by atoms with Gasteiger partial charge < -0.3 is 9.64 Å². The summed E-state index contributed by atoms with van der Waals surface area (Å²) >= 11 is 0. The Bertz CT molecular complexity index is 700. The molecule has 0 N–H and O–H groups in total. The van der Waals surface area contributed by atoms with Gasteiger partial charge in [0, 0.05) is 24.8 Å². The lowest BCUT2D eigenvalue weighted by Crippen LogP contribution is -2.49. The van der Waals surface area contributed by atoms with E-state index < -0.39 is 22.0 Å².